The van der Waals surface area contributed by atoms with E-state index in [4.69, 9.17) is 23.7 Å². The monoisotopic (exact) mass is 647 g/mol. The Morgan fingerprint density at radius 1 is 0.791 bits per heavy atom. The maximum atomic E-state index is 13.7. The highest BCUT2D eigenvalue weighted by Gasteiger charge is 2.63. The van der Waals surface area contributed by atoms with Crippen molar-refractivity contribution in [2.75, 3.05) is 39.9 Å². The lowest BCUT2D eigenvalue weighted by Crippen LogP contribution is -2.52. The van der Waals surface area contributed by atoms with Crippen LogP contribution >= 0.6 is 35.3 Å². The van der Waals surface area contributed by atoms with Crippen LogP contribution in [-0.2, 0) is 42.9 Å². The van der Waals surface area contributed by atoms with Gasteiger partial charge in [-0.3, -0.25) is 14.5 Å². The van der Waals surface area contributed by atoms with E-state index in [1.165, 1.54) is 11.0 Å². The van der Waals surface area contributed by atoms with Crippen LogP contribution < -0.4 is 9.64 Å². The summed E-state index contributed by atoms with van der Waals surface area (Å²) >= 11 is 2.49. The number of benzene rings is 1. The molecule has 0 saturated carbocycles. The van der Waals surface area contributed by atoms with Crippen molar-refractivity contribution in [3.8, 4) is 5.75 Å². The number of rotatable bonds is 6. The number of thioether (sulfide) groups is 3. The Morgan fingerprint density at radius 3 is 1.81 bits per heavy atom. The number of anilines is 1. The Morgan fingerprint density at radius 2 is 1.30 bits per heavy atom. The molecule has 15 heteroatoms. The molecule has 0 fully saturated rings. The quantitative estimate of drug-likeness (QED) is 0.252. The summed E-state index contributed by atoms with van der Waals surface area (Å²) in [6.45, 7) is 5.38. The number of esters is 4. The van der Waals surface area contributed by atoms with Crippen LogP contribution in [0.3, 0.4) is 0 Å². The number of carbonyl (C=O) groups is 6. The molecule has 1 aromatic carbocycles. The van der Waals surface area contributed by atoms with Gasteiger partial charge in [0, 0.05) is 16.0 Å². The third-order valence-corrected chi connectivity index (χ3v) is 11.8. The average molecular weight is 648 g/mol. The molecule has 0 saturated heterocycles. The number of fused-ring (bicyclic) bond motifs is 2. The Labute approximate surface area is 258 Å². The summed E-state index contributed by atoms with van der Waals surface area (Å²) in [7, 11) is 4.54. The van der Waals surface area contributed by atoms with E-state index < -0.39 is 45.2 Å². The number of methoxy groups -OCH3 is 4. The Kier molecular flexibility index (Phi) is 7.72. The summed E-state index contributed by atoms with van der Waals surface area (Å²) in [6, 6.07) is 3.11. The summed E-state index contributed by atoms with van der Waals surface area (Å²) in [6.07, 6.45) is 0. The van der Waals surface area contributed by atoms with E-state index in [1.807, 2.05) is 0 Å². The standard InChI is InChI=1S/C28H25NO11S3/c1-8-40-11-9-12-14-21(27(2,3)29-16(12)13(10-11)17(30)22(29)31)41-18(24(33)37-5)15(23(32)36-4)28(14)42-19(25(34)38-6)20(43-28)26(35)39-7/h9-10H,8H2,1-7H3. The van der Waals surface area contributed by atoms with E-state index in [9.17, 15) is 28.8 Å². The van der Waals surface area contributed by atoms with Crippen LogP contribution in [0.1, 0.15) is 36.7 Å². The minimum atomic E-state index is -1.75. The van der Waals surface area contributed by atoms with Gasteiger partial charge in [0.05, 0.1) is 57.4 Å². The maximum absolute atomic E-state index is 13.7. The van der Waals surface area contributed by atoms with Crippen molar-refractivity contribution in [1.82, 2.24) is 0 Å². The van der Waals surface area contributed by atoms with E-state index in [0.717, 1.165) is 63.7 Å². The predicted octanol–water partition coefficient (Wildman–Crippen LogP) is 3.20. The van der Waals surface area contributed by atoms with Gasteiger partial charge in [0.2, 0.25) is 0 Å². The number of ketones is 1. The fraction of sp³-hybridized carbons (Fsp3) is 0.357. The molecular formula is C28H25NO11S3. The van der Waals surface area contributed by atoms with Crippen LogP contribution in [0.4, 0.5) is 5.69 Å². The molecule has 0 unspecified atom stereocenters. The highest BCUT2D eigenvalue weighted by atomic mass is 32.2. The van der Waals surface area contributed by atoms with Crippen molar-refractivity contribution in [3.63, 3.8) is 0 Å². The van der Waals surface area contributed by atoms with Gasteiger partial charge in [0.15, 0.2) is 0 Å². The van der Waals surface area contributed by atoms with Crippen molar-refractivity contribution >= 4 is 82.1 Å². The summed E-state index contributed by atoms with van der Waals surface area (Å²) < 4.78 is 24.2. The maximum Gasteiger partial charge on any atom is 0.345 e. The van der Waals surface area contributed by atoms with Crippen LogP contribution in [-0.4, -0.2) is 80.2 Å². The Hall–Kier alpha value is -3.69. The van der Waals surface area contributed by atoms with Gasteiger partial charge in [-0.2, -0.15) is 0 Å². The van der Waals surface area contributed by atoms with Gasteiger partial charge >= 0.3 is 23.9 Å². The summed E-state index contributed by atoms with van der Waals surface area (Å²) in [5.41, 5.74) is -0.399. The third-order valence-electron chi connectivity index (χ3n) is 7.16. The zero-order valence-corrected chi connectivity index (χ0v) is 26.5. The lowest BCUT2D eigenvalue weighted by Gasteiger charge is -2.49. The van der Waals surface area contributed by atoms with Gasteiger partial charge in [0.25, 0.3) is 11.7 Å². The predicted molar refractivity (Wildman–Crippen MR) is 158 cm³/mol. The van der Waals surface area contributed by atoms with Crippen molar-refractivity contribution in [2.24, 2.45) is 0 Å². The summed E-state index contributed by atoms with van der Waals surface area (Å²) in [5.74, 6) is -4.85. The van der Waals surface area contributed by atoms with E-state index in [0.29, 0.717) is 16.0 Å². The second-order valence-corrected chi connectivity index (χ2v) is 13.5. The van der Waals surface area contributed by atoms with Crippen molar-refractivity contribution in [3.05, 3.63) is 48.5 Å². The SMILES string of the molecule is CCOc1cc2c3c(c1)C1=C(SC(C(=O)OC)=C(C(=O)OC)C14SC(C(=O)OC)=C(C(=O)OC)S4)C(C)(C)N3C(=O)C2=O. The van der Waals surface area contributed by atoms with Gasteiger partial charge < -0.3 is 23.7 Å². The smallest absolute Gasteiger partial charge is 0.345 e. The third kappa shape index (κ3) is 4.23. The van der Waals surface area contributed by atoms with Crippen LogP contribution in [0.5, 0.6) is 5.75 Å². The molecule has 12 nitrogen and oxygen atoms in total. The molecule has 0 N–H and O–H groups in total. The number of nitrogens with zero attached hydrogens (tertiary/aromatic N) is 1. The van der Waals surface area contributed by atoms with Crippen LogP contribution in [0.15, 0.2) is 37.3 Å². The molecule has 0 atom stereocenters. The molecule has 1 amide bonds. The Bertz CT molecular complexity index is 1620. The molecule has 0 aromatic heterocycles. The first-order valence-electron chi connectivity index (χ1n) is 12.7. The molecule has 5 rings (SSSR count). The normalized spacial score (nSPS) is 19.4. The second kappa shape index (κ2) is 10.8. The van der Waals surface area contributed by atoms with Crippen LogP contribution in [0, 0.1) is 0 Å². The van der Waals surface area contributed by atoms with E-state index in [-0.39, 0.29) is 43.9 Å². The molecule has 4 aliphatic rings. The second-order valence-electron chi connectivity index (χ2n) is 9.78. The van der Waals surface area contributed by atoms with Crippen molar-refractivity contribution < 1.29 is 52.5 Å². The number of carbonyl (C=O) groups excluding carboxylic acids is 6. The van der Waals surface area contributed by atoms with Crippen LogP contribution in [0.25, 0.3) is 5.57 Å². The van der Waals surface area contributed by atoms with Gasteiger partial charge in [-0.05, 0) is 32.9 Å². The number of Topliss-reactive ketones (excluding diaryl/α,β-unsaturated/α-hetero) is 1. The molecule has 43 heavy (non-hydrogen) atoms. The lowest BCUT2D eigenvalue weighted by molar-refractivity contribution is -0.138. The highest BCUT2D eigenvalue weighted by molar-refractivity contribution is 8.26. The zero-order valence-electron chi connectivity index (χ0n) is 24.0. The number of hydrogen-bond acceptors (Lipinski definition) is 14. The van der Waals surface area contributed by atoms with Crippen LogP contribution in [0.2, 0.25) is 0 Å². The molecule has 0 aliphatic carbocycles. The van der Waals surface area contributed by atoms with E-state index in [1.54, 1.807) is 26.8 Å². The molecule has 1 aromatic rings. The van der Waals surface area contributed by atoms with Crippen molar-refractivity contribution in [1.29, 1.82) is 0 Å². The first-order valence-corrected chi connectivity index (χ1v) is 15.1. The molecule has 4 aliphatic heterocycles. The lowest BCUT2D eigenvalue weighted by atomic mass is 9.83. The summed E-state index contributed by atoms with van der Waals surface area (Å²) in [4.78, 5) is 81.2. The first-order chi connectivity index (χ1) is 20.3. The van der Waals surface area contributed by atoms with Gasteiger partial charge in [-0.1, -0.05) is 35.3 Å². The van der Waals surface area contributed by atoms with E-state index >= 15 is 0 Å². The molecule has 0 radical (unpaired) electrons. The zero-order chi connectivity index (χ0) is 31.6. The largest absolute Gasteiger partial charge is 0.494 e. The number of ether oxygens (including phenoxy) is 5. The van der Waals surface area contributed by atoms with Gasteiger partial charge in [-0.15, -0.1) is 0 Å². The van der Waals surface area contributed by atoms with Gasteiger partial charge in [-0.25, -0.2) is 19.2 Å². The van der Waals surface area contributed by atoms with Crippen molar-refractivity contribution in [2.45, 2.75) is 30.4 Å². The molecular weight excluding hydrogens is 623 g/mol. The minimum absolute atomic E-state index is 0.0930. The van der Waals surface area contributed by atoms with E-state index in [2.05, 4.69) is 0 Å². The minimum Gasteiger partial charge on any atom is -0.494 e. The Balaban J connectivity index is 1.95. The highest BCUT2D eigenvalue weighted by Crippen LogP contribution is 2.72. The number of amides is 1. The average Bonchev–Trinajstić information content (AvgIpc) is 3.50. The number of hydrogen-bond donors (Lipinski definition) is 0. The fourth-order valence-corrected chi connectivity index (χ4v) is 10.5. The first kappa shape index (κ1) is 30.8. The topological polar surface area (TPSA) is 152 Å². The summed E-state index contributed by atoms with van der Waals surface area (Å²) in [5, 5.41) is 0. The molecule has 226 valence electrons. The molecule has 1 spiro atoms. The van der Waals surface area contributed by atoms with Gasteiger partial charge in [0.1, 0.15) is 24.5 Å². The fourth-order valence-electron chi connectivity index (χ4n) is 5.40. The molecule has 4 heterocycles. The molecule has 0 bridgehead atoms.